The van der Waals surface area contributed by atoms with Gasteiger partial charge in [-0.3, -0.25) is 0 Å². The summed E-state index contributed by atoms with van der Waals surface area (Å²) in [6.07, 6.45) is 5.40. The molecule has 0 spiro atoms. The lowest BCUT2D eigenvalue weighted by Gasteiger charge is -2.22. The van der Waals surface area contributed by atoms with E-state index in [1.807, 2.05) is 0 Å². The predicted molar refractivity (Wildman–Crippen MR) is 59.9 cm³/mol. The second-order valence-corrected chi connectivity index (χ2v) is 4.03. The first-order chi connectivity index (χ1) is 7.33. The van der Waals surface area contributed by atoms with E-state index in [-0.39, 0.29) is 6.09 Å². The number of ether oxygens (including phenoxy) is 1. The molecule has 1 rings (SSSR count). The molecular weight excluding hydrogens is 192 g/mol. The van der Waals surface area contributed by atoms with E-state index in [1.54, 1.807) is 0 Å². The highest BCUT2D eigenvalue weighted by atomic mass is 16.5. The number of carbonyl (C=O) groups is 1. The van der Waals surface area contributed by atoms with E-state index < -0.39 is 0 Å². The van der Waals surface area contributed by atoms with Gasteiger partial charge in [0.2, 0.25) is 0 Å². The van der Waals surface area contributed by atoms with E-state index in [9.17, 15) is 4.79 Å². The molecule has 1 atom stereocenters. The number of hydrogen-bond donors (Lipinski definition) is 2. The van der Waals surface area contributed by atoms with Crippen LogP contribution in [0.2, 0.25) is 0 Å². The van der Waals surface area contributed by atoms with Crippen molar-refractivity contribution < 1.29 is 9.53 Å². The maximum Gasteiger partial charge on any atom is 0.407 e. The third-order valence-electron chi connectivity index (χ3n) is 2.63. The minimum Gasteiger partial charge on any atom is -0.448 e. The van der Waals surface area contributed by atoms with Crippen molar-refractivity contribution >= 4 is 6.09 Å². The number of amides is 1. The summed E-state index contributed by atoms with van der Waals surface area (Å²) >= 11 is 0. The standard InChI is InChI=1S/C11H22N2O2/c1-2-3-7-13-11(14)15-9-10-6-4-5-8-12-10/h10,12H,2-9H2,1H3,(H,13,14)/t10-/m0/s1. The molecule has 88 valence electrons. The molecule has 2 N–H and O–H groups in total. The van der Waals surface area contributed by atoms with Crippen molar-refractivity contribution in [3.63, 3.8) is 0 Å². The fraction of sp³-hybridized carbons (Fsp3) is 0.909. The zero-order valence-electron chi connectivity index (χ0n) is 9.55. The molecule has 1 aliphatic rings. The van der Waals surface area contributed by atoms with Gasteiger partial charge in [-0.05, 0) is 25.8 Å². The lowest BCUT2D eigenvalue weighted by molar-refractivity contribution is 0.128. The van der Waals surface area contributed by atoms with Gasteiger partial charge in [-0.25, -0.2) is 4.79 Å². The molecule has 1 aliphatic heterocycles. The maximum atomic E-state index is 11.2. The van der Waals surface area contributed by atoms with Gasteiger partial charge in [0, 0.05) is 12.6 Å². The molecule has 0 aromatic heterocycles. The van der Waals surface area contributed by atoms with Crippen molar-refractivity contribution in [1.82, 2.24) is 10.6 Å². The molecule has 15 heavy (non-hydrogen) atoms. The van der Waals surface area contributed by atoms with Gasteiger partial charge in [-0.2, -0.15) is 0 Å². The van der Waals surface area contributed by atoms with Crippen LogP contribution in [-0.2, 0) is 4.74 Å². The largest absolute Gasteiger partial charge is 0.448 e. The van der Waals surface area contributed by atoms with Gasteiger partial charge in [0.15, 0.2) is 0 Å². The normalized spacial score (nSPS) is 21.0. The van der Waals surface area contributed by atoms with Crippen LogP contribution in [0.5, 0.6) is 0 Å². The van der Waals surface area contributed by atoms with E-state index in [0.29, 0.717) is 19.2 Å². The van der Waals surface area contributed by atoms with E-state index in [2.05, 4.69) is 17.6 Å². The van der Waals surface area contributed by atoms with Crippen LogP contribution in [0.1, 0.15) is 39.0 Å². The lowest BCUT2D eigenvalue weighted by atomic mass is 10.1. The van der Waals surface area contributed by atoms with Crippen LogP contribution in [0.4, 0.5) is 4.79 Å². The number of unbranched alkanes of at least 4 members (excludes halogenated alkanes) is 1. The van der Waals surface area contributed by atoms with Gasteiger partial charge in [0.1, 0.15) is 6.61 Å². The highest BCUT2D eigenvalue weighted by Gasteiger charge is 2.14. The molecule has 1 heterocycles. The van der Waals surface area contributed by atoms with Crippen molar-refractivity contribution in [3.05, 3.63) is 0 Å². The summed E-state index contributed by atoms with van der Waals surface area (Å²) < 4.78 is 5.12. The Hall–Kier alpha value is -0.770. The molecule has 0 saturated carbocycles. The minimum atomic E-state index is -0.282. The van der Waals surface area contributed by atoms with Gasteiger partial charge in [0.25, 0.3) is 0 Å². The molecule has 0 aromatic rings. The van der Waals surface area contributed by atoms with Crippen LogP contribution >= 0.6 is 0 Å². The highest BCUT2D eigenvalue weighted by molar-refractivity contribution is 5.67. The Bertz CT molecular complexity index is 179. The number of carbonyl (C=O) groups excluding carboxylic acids is 1. The average Bonchev–Trinajstić information content (AvgIpc) is 2.28. The molecule has 1 saturated heterocycles. The summed E-state index contributed by atoms with van der Waals surface area (Å²) in [5, 5.41) is 6.07. The maximum absolute atomic E-state index is 11.2. The Morgan fingerprint density at radius 1 is 1.53 bits per heavy atom. The Morgan fingerprint density at radius 3 is 3.07 bits per heavy atom. The number of alkyl carbamates (subject to hydrolysis) is 1. The SMILES string of the molecule is CCCCNC(=O)OC[C@@H]1CCCCN1. The van der Waals surface area contributed by atoms with Crippen LogP contribution in [0.25, 0.3) is 0 Å². The summed E-state index contributed by atoms with van der Waals surface area (Å²) in [6, 6.07) is 0.357. The van der Waals surface area contributed by atoms with Crippen LogP contribution in [0.15, 0.2) is 0 Å². The molecule has 0 aliphatic carbocycles. The van der Waals surface area contributed by atoms with Crippen LogP contribution < -0.4 is 10.6 Å². The smallest absolute Gasteiger partial charge is 0.407 e. The molecule has 4 nitrogen and oxygen atoms in total. The molecular formula is C11H22N2O2. The Morgan fingerprint density at radius 2 is 2.40 bits per heavy atom. The number of rotatable bonds is 5. The Balaban J connectivity index is 2.00. The van der Waals surface area contributed by atoms with E-state index >= 15 is 0 Å². The van der Waals surface area contributed by atoms with Crippen LogP contribution in [-0.4, -0.2) is 31.8 Å². The lowest BCUT2D eigenvalue weighted by Crippen LogP contribution is -2.39. The van der Waals surface area contributed by atoms with Gasteiger partial charge in [0.05, 0.1) is 0 Å². The molecule has 0 bridgehead atoms. The summed E-state index contributed by atoms with van der Waals surface area (Å²) in [7, 11) is 0. The monoisotopic (exact) mass is 214 g/mol. The first-order valence-electron chi connectivity index (χ1n) is 5.97. The van der Waals surface area contributed by atoms with Crippen molar-refractivity contribution in [3.8, 4) is 0 Å². The second kappa shape index (κ2) is 7.51. The van der Waals surface area contributed by atoms with E-state index in [1.165, 1.54) is 12.8 Å². The summed E-state index contributed by atoms with van der Waals surface area (Å²) in [6.45, 7) is 4.36. The van der Waals surface area contributed by atoms with Crippen molar-refractivity contribution in [2.24, 2.45) is 0 Å². The molecule has 0 aromatic carbocycles. The van der Waals surface area contributed by atoms with E-state index in [0.717, 1.165) is 25.8 Å². The number of piperidine rings is 1. The zero-order chi connectivity index (χ0) is 10.9. The fourth-order valence-corrected chi connectivity index (χ4v) is 1.66. The quantitative estimate of drug-likeness (QED) is 0.684. The van der Waals surface area contributed by atoms with Gasteiger partial charge in [-0.15, -0.1) is 0 Å². The molecule has 1 amide bonds. The van der Waals surface area contributed by atoms with Crippen LogP contribution in [0.3, 0.4) is 0 Å². The second-order valence-electron chi connectivity index (χ2n) is 4.03. The third kappa shape index (κ3) is 5.62. The van der Waals surface area contributed by atoms with Gasteiger partial charge in [-0.1, -0.05) is 19.8 Å². The average molecular weight is 214 g/mol. The zero-order valence-corrected chi connectivity index (χ0v) is 9.55. The summed E-state index contributed by atoms with van der Waals surface area (Å²) in [4.78, 5) is 11.2. The third-order valence-corrected chi connectivity index (χ3v) is 2.63. The Kier molecular flexibility index (Phi) is 6.16. The summed E-state index contributed by atoms with van der Waals surface area (Å²) in [5.74, 6) is 0. The van der Waals surface area contributed by atoms with Gasteiger partial charge < -0.3 is 15.4 Å². The fourth-order valence-electron chi connectivity index (χ4n) is 1.66. The minimum absolute atomic E-state index is 0.282. The van der Waals surface area contributed by atoms with Crippen molar-refractivity contribution in [2.45, 2.75) is 45.1 Å². The Labute approximate surface area is 91.8 Å². The topological polar surface area (TPSA) is 50.4 Å². The molecule has 1 fully saturated rings. The van der Waals surface area contributed by atoms with Crippen LogP contribution in [0, 0.1) is 0 Å². The van der Waals surface area contributed by atoms with Crippen molar-refractivity contribution in [1.29, 1.82) is 0 Å². The summed E-state index contributed by atoms with van der Waals surface area (Å²) in [5.41, 5.74) is 0. The first-order valence-corrected chi connectivity index (χ1v) is 5.97. The molecule has 0 radical (unpaired) electrons. The first kappa shape index (κ1) is 12.3. The molecule has 4 heteroatoms. The highest BCUT2D eigenvalue weighted by Crippen LogP contribution is 2.06. The van der Waals surface area contributed by atoms with Gasteiger partial charge >= 0.3 is 6.09 Å². The number of hydrogen-bond acceptors (Lipinski definition) is 3. The number of nitrogens with one attached hydrogen (secondary N) is 2. The predicted octanol–water partition coefficient (Wildman–Crippen LogP) is 1.65. The van der Waals surface area contributed by atoms with E-state index in [4.69, 9.17) is 4.74 Å². The molecule has 0 unspecified atom stereocenters. The van der Waals surface area contributed by atoms with Crippen molar-refractivity contribution in [2.75, 3.05) is 19.7 Å².